The summed E-state index contributed by atoms with van der Waals surface area (Å²) in [6.45, 7) is 7.01. The van der Waals surface area contributed by atoms with E-state index in [1.54, 1.807) is 12.3 Å². The quantitative estimate of drug-likeness (QED) is 0.852. The van der Waals surface area contributed by atoms with Crippen molar-refractivity contribution in [2.75, 3.05) is 50.8 Å². The standard InChI is InChI=1S/C15H21Cl2N3O/c16-13-8-14(17)15(18-9-13)20-3-1-2-12(11-20)10-19-4-6-21-7-5-19/h8-9,12H,1-7,10-11H2/t12-/m1/s1. The van der Waals surface area contributed by atoms with Crippen LogP contribution in [0.3, 0.4) is 0 Å². The lowest BCUT2D eigenvalue weighted by Crippen LogP contribution is -2.44. The molecule has 116 valence electrons. The predicted molar refractivity (Wildman–Crippen MR) is 86.5 cm³/mol. The summed E-state index contributed by atoms with van der Waals surface area (Å²) in [7, 11) is 0. The summed E-state index contributed by atoms with van der Waals surface area (Å²) in [5.74, 6) is 1.54. The monoisotopic (exact) mass is 329 g/mol. The van der Waals surface area contributed by atoms with Crippen molar-refractivity contribution in [3.63, 3.8) is 0 Å². The number of nitrogens with zero attached hydrogens (tertiary/aromatic N) is 3. The summed E-state index contributed by atoms with van der Waals surface area (Å²) >= 11 is 12.2. The van der Waals surface area contributed by atoms with Gasteiger partial charge in [-0.2, -0.15) is 0 Å². The van der Waals surface area contributed by atoms with Crippen LogP contribution in [0.2, 0.25) is 10.0 Å². The molecule has 2 saturated heterocycles. The number of hydrogen-bond donors (Lipinski definition) is 0. The van der Waals surface area contributed by atoms with Crippen LogP contribution >= 0.6 is 23.2 Å². The van der Waals surface area contributed by atoms with Gasteiger partial charge in [0.25, 0.3) is 0 Å². The zero-order valence-electron chi connectivity index (χ0n) is 12.1. The Labute approximate surface area is 136 Å². The van der Waals surface area contributed by atoms with Crippen molar-refractivity contribution >= 4 is 29.0 Å². The van der Waals surface area contributed by atoms with Gasteiger partial charge in [-0.05, 0) is 24.8 Å². The van der Waals surface area contributed by atoms with Gasteiger partial charge in [0.15, 0.2) is 0 Å². The number of anilines is 1. The van der Waals surface area contributed by atoms with E-state index in [2.05, 4.69) is 14.8 Å². The molecule has 0 N–H and O–H groups in total. The van der Waals surface area contributed by atoms with Crippen LogP contribution in [-0.2, 0) is 4.74 Å². The van der Waals surface area contributed by atoms with E-state index in [4.69, 9.17) is 27.9 Å². The molecule has 6 heteroatoms. The fraction of sp³-hybridized carbons (Fsp3) is 0.667. The minimum atomic E-state index is 0.589. The molecule has 0 amide bonds. The van der Waals surface area contributed by atoms with Gasteiger partial charge in [0, 0.05) is 38.9 Å². The number of morpholine rings is 1. The van der Waals surface area contributed by atoms with Crippen LogP contribution in [0.15, 0.2) is 12.3 Å². The molecule has 1 aromatic heterocycles. The maximum atomic E-state index is 6.29. The molecular weight excluding hydrogens is 309 g/mol. The van der Waals surface area contributed by atoms with E-state index in [9.17, 15) is 0 Å². The van der Waals surface area contributed by atoms with Gasteiger partial charge in [0.05, 0.1) is 23.3 Å². The van der Waals surface area contributed by atoms with Gasteiger partial charge in [0.1, 0.15) is 5.82 Å². The lowest BCUT2D eigenvalue weighted by molar-refractivity contribution is 0.0296. The van der Waals surface area contributed by atoms with Gasteiger partial charge in [-0.1, -0.05) is 23.2 Å². The van der Waals surface area contributed by atoms with Crippen LogP contribution in [0.4, 0.5) is 5.82 Å². The van der Waals surface area contributed by atoms with Crippen molar-refractivity contribution in [2.24, 2.45) is 5.92 Å². The van der Waals surface area contributed by atoms with Crippen LogP contribution < -0.4 is 4.90 Å². The number of pyridine rings is 1. The highest BCUT2D eigenvalue weighted by Gasteiger charge is 2.25. The largest absolute Gasteiger partial charge is 0.379 e. The Balaban J connectivity index is 1.62. The lowest BCUT2D eigenvalue weighted by Gasteiger charge is -2.37. The lowest BCUT2D eigenvalue weighted by atomic mass is 9.97. The molecule has 1 atom stereocenters. The fourth-order valence-electron chi connectivity index (χ4n) is 3.20. The van der Waals surface area contributed by atoms with Crippen LogP contribution in [-0.4, -0.2) is 55.8 Å². The normalized spacial score (nSPS) is 24.3. The number of aromatic nitrogens is 1. The third-order valence-electron chi connectivity index (χ3n) is 4.23. The average Bonchev–Trinajstić information content (AvgIpc) is 2.48. The molecule has 0 bridgehead atoms. The molecule has 4 nitrogen and oxygen atoms in total. The minimum absolute atomic E-state index is 0.589. The number of ether oxygens (including phenoxy) is 1. The van der Waals surface area contributed by atoms with Crippen molar-refractivity contribution in [2.45, 2.75) is 12.8 Å². The SMILES string of the molecule is Clc1cnc(N2CCC[C@H](CN3CCOCC3)C2)c(Cl)c1. The van der Waals surface area contributed by atoms with E-state index in [0.717, 1.165) is 51.8 Å². The second-order valence-electron chi connectivity index (χ2n) is 5.83. The van der Waals surface area contributed by atoms with Crippen LogP contribution in [0.1, 0.15) is 12.8 Å². The van der Waals surface area contributed by atoms with Crippen molar-refractivity contribution in [1.82, 2.24) is 9.88 Å². The molecule has 0 aromatic carbocycles. The van der Waals surface area contributed by atoms with E-state index >= 15 is 0 Å². The van der Waals surface area contributed by atoms with Crippen LogP contribution in [0, 0.1) is 5.92 Å². The minimum Gasteiger partial charge on any atom is -0.379 e. The number of hydrogen-bond acceptors (Lipinski definition) is 4. The number of rotatable bonds is 3. The highest BCUT2D eigenvalue weighted by molar-refractivity contribution is 6.36. The Morgan fingerprint density at radius 3 is 2.81 bits per heavy atom. The van der Waals surface area contributed by atoms with Crippen LogP contribution in [0.5, 0.6) is 0 Å². The summed E-state index contributed by atoms with van der Waals surface area (Å²) in [6.07, 6.45) is 4.14. The zero-order valence-corrected chi connectivity index (χ0v) is 13.6. The van der Waals surface area contributed by atoms with Gasteiger partial charge in [-0.15, -0.1) is 0 Å². The van der Waals surface area contributed by atoms with E-state index in [1.165, 1.54) is 12.8 Å². The molecule has 2 aliphatic heterocycles. The smallest absolute Gasteiger partial charge is 0.147 e. The highest BCUT2D eigenvalue weighted by atomic mass is 35.5. The van der Waals surface area contributed by atoms with Gasteiger partial charge in [-0.3, -0.25) is 4.90 Å². The van der Waals surface area contributed by atoms with Crippen molar-refractivity contribution in [1.29, 1.82) is 0 Å². The van der Waals surface area contributed by atoms with Crippen molar-refractivity contribution in [3.05, 3.63) is 22.3 Å². The average molecular weight is 330 g/mol. The van der Waals surface area contributed by atoms with Crippen molar-refractivity contribution < 1.29 is 4.74 Å². The first-order valence-electron chi connectivity index (χ1n) is 7.58. The summed E-state index contributed by atoms with van der Waals surface area (Å²) in [6, 6.07) is 1.77. The van der Waals surface area contributed by atoms with E-state index < -0.39 is 0 Å². The van der Waals surface area contributed by atoms with Crippen molar-refractivity contribution in [3.8, 4) is 0 Å². The molecule has 0 aliphatic carbocycles. The maximum Gasteiger partial charge on any atom is 0.147 e. The molecule has 3 heterocycles. The first-order valence-corrected chi connectivity index (χ1v) is 8.34. The highest BCUT2D eigenvalue weighted by Crippen LogP contribution is 2.29. The Bertz CT molecular complexity index is 480. The maximum absolute atomic E-state index is 6.29. The molecule has 2 aliphatic rings. The summed E-state index contributed by atoms with van der Waals surface area (Å²) in [5, 5.41) is 1.24. The second-order valence-corrected chi connectivity index (χ2v) is 6.67. The zero-order chi connectivity index (χ0) is 14.7. The summed E-state index contributed by atoms with van der Waals surface area (Å²) in [4.78, 5) is 9.22. The van der Waals surface area contributed by atoms with Gasteiger partial charge in [-0.25, -0.2) is 4.98 Å². The van der Waals surface area contributed by atoms with Gasteiger partial charge >= 0.3 is 0 Å². The summed E-state index contributed by atoms with van der Waals surface area (Å²) in [5.41, 5.74) is 0. The Morgan fingerprint density at radius 1 is 1.24 bits per heavy atom. The van der Waals surface area contributed by atoms with E-state index in [1.807, 2.05) is 0 Å². The molecule has 1 aromatic rings. The third kappa shape index (κ3) is 4.01. The predicted octanol–water partition coefficient (Wildman–Crippen LogP) is 2.94. The number of halogens is 2. The Hall–Kier alpha value is -0.550. The molecule has 0 radical (unpaired) electrons. The topological polar surface area (TPSA) is 28.6 Å². The molecular formula is C15H21Cl2N3O. The molecule has 2 fully saturated rings. The van der Waals surface area contributed by atoms with E-state index in [-0.39, 0.29) is 0 Å². The molecule has 3 rings (SSSR count). The third-order valence-corrected chi connectivity index (χ3v) is 4.71. The van der Waals surface area contributed by atoms with Crippen LogP contribution in [0.25, 0.3) is 0 Å². The molecule has 0 spiro atoms. The molecule has 0 saturated carbocycles. The first kappa shape index (κ1) is 15.3. The second kappa shape index (κ2) is 7.14. The fourth-order valence-corrected chi connectivity index (χ4v) is 3.70. The van der Waals surface area contributed by atoms with Gasteiger partial charge < -0.3 is 9.64 Å². The van der Waals surface area contributed by atoms with E-state index in [0.29, 0.717) is 16.0 Å². The van der Waals surface area contributed by atoms with Gasteiger partial charge in [0.2, 0.25) is 0 Å². The first-order chi connectivity index (χ1) is 10.2. The molecule has 21 heavy (non-hydrogen) atoms. The number of piperidine rings is 1. The molecule has 0 unspecified atom stereocenters. The Morgan fingerprint density at radius 2 is 2.05 bits per heavy atom. The Kier molecular flexibility index (Phi) is 5.22. The summed E-state index contributed by atoms with van der Waals surface area (Å²) < 4.78 is 5.41.